The molecule has 86 valence electrons. The van der Waals surface area contributed by atoms with Crippen LogP contribution in [0.15, 0.2) is 12.1 Å². The molecular weight excluding hydrogens is 336 g/mol. The Balaban J connectivity index is 3.54. The monoisotopic (exact) mass is 342 g/mol. The molecule has 0 unspecified atom stereocenters. The first kappa shape index (κ1) is 13.1. The molecule has 0 heterocycles. The van der Waals surface area contributed by atoms with Gasteiger partial charge < -0.3 is 0 Å². The predicted molar refractivity (Wildman–Crippen MR) is 59.6 cm³/mol. The van der Waals surface area contributed by atoms with Gasteiger partial charge in [-0.25, -0.2) is 0 Å². The number of aldehydes is 1. The lowest BCUT2D eigenvalue weighted by Crippen LogP contribution is -2.11. The molecule has 0 N–H and O–H groups in total. The molecule has 0 fully saturated rings. The van der Waals surface area contributed by atoms with Gasteiger partial charge in [-0.05, 0) is 41.6 Å². The van der Waals surface area contributed by atoms with E-state index >= 15 is 0 Å². The van der Waals surface area contributed by atoms with Crippen LogP contribution in [0.3, 0.4) is 0 Å². The van der Waals surface area contributed by atoms with Crippen LogP contribution in [-0.4, -0.2) is 12.1 Å². The summed E-state index contributed by atoms with van der Waals surface area (Å²) in [6, 6.07) is 1.92. The van der Waals surface area contributed by atoms with Crippen LogP contribution in [0.1, 0.15) is 33.2 Å². The molecule has 0 saturated carbocycles. The summed E-state index contributed by atoms with van der Waals surface area (Å²) in [6.07, 6.45) is -4.26. The average Bonchev–Trinajstić information content (AvgIpc) is 2.15. The minimum Gasteiger partial charge on any atom is -0.298 e. The highest BCUT2D eigenvalue weighted by atomic mass is 127. The topological polar surface area (TPSA) is 34.1 Å². The van der Waals surface area contributed by atoms with Gasteiger partial charge in [0.25, 0.3) is 0 Å². The van der Waals surface area contributed by atoms with Crippen molar-refractivity contribution in [3.63, 3.8) is 0 Å². The van der Waals surface area contributed by atoms with Crippen LogP contribution in [-0.2, 0) is 6.18 Å². The largest absolute Gasteiger partial charge is 0.417 e. The zero-order valence-corrected chi connectivity index (χ0v) is 10.2. The second kappa shape index (κ2) is 4.52. The van der Waals surface area contributed by atoms with E-state index in [9.17, 15) is 22.8 Å². The highest BCUT2D eigenvalue weighted by Crippen LogP contribution is 2.34. The Morgan fingerprint density at radius 1 is 1.38 bits per heavy atom. The molecule has 1 aromatic rings. The third kappa shape index (κ3) is 2.60. The second-order valence-corrected chi connectivity index (χ2v) is 4.18. The summed E-state index contributed by atoms with van der Waals surface area (Å²) < 4.78 is 37.5. The van der Waals surface area contributed by atoms with E-state index in [1.807, 2.05) is 0 Å². The molecule has 0 aliphatic rings. The molecule has 0 aromatic heterocycles. The summed E-state index contributed by atoms with van der Waals surface area (Å²) in [5.41, 5.74) is -1.20. The van der Waals surface area contributed by atoms with Gasteiger partial charge in [0.15, 0.2) is 12.1 Å². The van der Waals surface area contributed by atoms with E-state index in [2.05, 4.69) is 0 Å². The van der Waals surface area contributed by atoms with Gasteiger partial charge in [-0.2, -0.15) is 13.2 Å². The van der Waals surface area contributed by atoms with Crippen molar-refractivity contribution in [1.29, 1.82) is 0 Å². The molecule has 16 heavy (non-hydrogen) atoms. The zero-order valence-electron chi connectivity index (χ0n) is 8.06. The molecule has 0 radical (unpaired) electrons. The van der Waals surface area contributed by atoms with Crippen LogP contribution in [0.2, 0.25) is 0 Å². The molecular formula is C10H6F3IO2. The van der Waals surface area contributed by atoms with Crippen molar-refractivity contribution in [2.45, 2.75) is 13.1 Å². The molecule has 0 saturated heterocycles. The van der Waals surface area contributed by atoms with Gasteiger partial charge in [0.1, 0.15) is 0 Å². The SMILES string of the molecule is CC(=O)c1cc(C=O)c(I)c(C(F)(F)F)c1. The highest BCUT2D eigenvalue weighted by molar-refractivity contribution is 14.1. The minimum absolute atomic E-state index is 0.116. The maximum Gasteiger partial charge on any atom is 0.417 e. The average molecular weight is 342 g/mol. The van der Waals surface area contributed by atoms with Crippen LogP contribution in [0, 0.1) is 3.57 Å². The van der Waals surface area contributed by atoms with Crippen molar-refractivity contribution in [3.8, 4) is 0 Å². The van der Waals surface area contributed by atoms with Gasteiger partial charge in [-0.1, -0.05) is 0 Å². The molecule has 1 aromatic carbocycles. The van der Waals surface area contributed by atoms with E-state index in [0.717, 1.165) is 19.1 Å². The summed E-state index contributed by atoms with van der Waals surface area (Å²) in [6.45, 7) is 1.15. The lowest BCUT2D eigenvalue weighted by Gasteiger charge is -2.12. The van der Waals surface area contributed by atoms with Crippen molar-refractivity contribution in [1.82, 2.24) is 0 Å². The Morgan fingerprint density at radius 3 is 2.31 bits per heavy atom. The van der Waals surface area contributed by atoms with Gasteiger partial charge in [0.05, 0.1) is 5.56 Å². The van der Waals surface area contributed by atoms with Gasteiger partial charge in [-0.15, -0.1) is 0 Å². The fourth-order valence-corrected chi connectivity index (χ4v) is 1.89. The number of Topliss-reactive ketones (excluding diaryl/α,β-unsaturated/α-hetero) is 1. The van der Waals surface area contributed by atoms with Crippen LogP contribution in [0.25, 0.3) is 0 Å². The van der Waals surface area contributed by atoms with Crippen LogP contribution >= 0.6 is 22.6 Å². The molecule has 1 rings (SSSR count). The lowest BCUT2D eigenvalue weighted by atomic mass is 10.0. The van der Waals surface area contributed by atoms with Crippen LogP contribution in [0.4, 0.5) is 13.2 Å². The number of rotatable bonds is 2. The Labute approximate surface area is 103 Å². The van der Waals surface area contributed by atoms with E-state index in [-0.39, 0.29) is 14.7 Å². The van der Waals surface area contributed by atoms with Crippen LogP contribution in [0.5, 0.6) is 0 Å². The first-order valence-corrected chi connectivity index (χ1v) is 5.22. The number of benzene rings is 1. The zero-order chi connectivity index (χ0) is 12.5. The number of carbonyl (C=O) groups is 2. The predicted octanol–water partition coefficient (Wildman–Crippen LogP) is 3.33. The third-order valence-corrected chi connectivity index (χ3v) is 3.14. The molecule has 0 bridgehead atoms. The van der Waals surface area contributed by atoms with E-state index in [0.29, 0.717) is 6.29 Å². The number of hydrogen-bond donors (Lipinski definition) is 0. The summed E-state index contributed by atoms with van der Waals surface area (Å²) in [5.74, 6) is -0.509. The van der Waals surface area contributed by atoms with E-state index in [4.69, 9.17) is 0 Å². The van der Waals surface area contributed by atoms with E-state index < -0.39 is 17.5 Å². The maximum absolute atomic E-state index is 12.6. The van der Waals surface area contributed by atoms with E-state index in [1.165, 1.54) is 22.6 Å². The number of alkyl halides is 3. The van der Waals surface area contributed by atoms with Crippen molar-refractivity contribution in [2.24, 2.45) is 0 Å². The van der Waals surface area contributed by atoms with Crippen molar-refractivity contribution >= 4 is 34.7 Å². The fraction of sp³-hybridized carbons (Fsp3) is 0.200. The summed E-state index contributed by atoms with van der Waals surface area (Å²) in [5, 5.41) is 0. The Bertz CT molecular complexity index is 452. The Hall–Kier alpha value is -0.920. The first-order chi connectivity index (χ1) is 7.27. The molecule has 2 nitrogen and oxygen atoms in total. The standard InChI is InChI=1S/C10H6F3IO2/c1-5(16)6-2-7(4-15)9(14)8(3-6)10(11,12)13/h2-4H,1H3. The highest BCUT2D eigenvalue weighted by Gasteiger charge is 2.34. The third-order valence-electron chi connectivity index (χ3n) is 1.94. The fourth-order valence-electron chi connectivity index (χ4n) is 1.14. The van der Waals surface area contributed by atoms with E-state index in [1.54, 1.807) is 0 Å². The molecule has 0 amide bonds. The molecule has 0 aliphatic heterocycles. The molecule has 6 heteroatoms. The quantitative estimate of drug-likeness (QED) is 0.469. The van der Waals surface area contributed by atoms with Gasteiger partial charge in [0, 0.05) is 14.7 Å². The summed E-state index contributed by atoms with van der Waals surface area (Å²) >= 11 is 1.44. The molecule has 0 aliphatic carbocycles. The minimum atomic E-state index is -4.57. The van der Waals surface area contributed by atoms with Crippen molar-refractivity contribution in [2.75, 3.05) is 0 Å². The van der Waals surface area contributed by atoms with Gasteiger partial charge in [-0.3, -0.25) is 9.59 Å². The smallest absolute Gasteiger partial charge is 0.298 e. The molecule has 0 spiro atoms. The number of halogens is 4. The van der Waals surface area contributed by atoms with Gasteiger partial charge >= 0.3 is 6.18 Å². The Morgan fingerprint density at radius 2 is 1.94 bits per heavy atom. The van der Waals surface area contributed by atoms with Gasteiger partial charge in [0.2, 0.25) is 0 Å². The number of carbonyl (C=O) groups excluding carboxylic acids is 2. The lowest BCUT2D eigenvalue weighted by molar-refractivity contribution is -0.138. The van der Waals surface area contributed by atoms with Crippen molar-refractivity contribution in [3.05, 3.63) is 32.4 Å². The number of ketones is 1. The summed E-state index contributed by atoms with van der Waals surface area (Å²) in [4.78, 5) is 21.6. The van der Waals surface area contributed by atoms with Crippen LogP contribution < -0.4 is 0 Å². The normalized spacial score (nSPS) is 11.3. The molecule has 0 atom stereocenters. The number of hydrogen-bond acceptors (Lipinski definition) is 2. The maximum atomic E-state index is 12.6. The first-order valence-electron chi connectivity index (χ1n) is 4.14. The second-order valence-electron chi connectivity index (χ2n) is 3.10. The van der Waals surface area contributed by atoms with Crippen molar-refractivity contribution < 1.29 is 22.8 Å². The summed E-state index contributed by atoms with van der Waals surface area (Å²) in [7, 11) is 0. The Kier molecular flexibility index (Phi) is 3.72.